The summed E-state index contributed by atoms with van der Waals surface area (Å²) in [6, 6.07) is 10.3. The molecule has 1 saturated heterocycles. The van der Waals surface area contributed by atoms with Gasteiger partial charge in [0.1, 0.15) is 5.76 Å². The van der Waals surface area contributed by atoms with Gasteiger partial charge in [-0.1, -0.05) is 18.2 Å². The fraction of sp³-hybridized carbons (Fsp3) is 0.350. The molecule has 3 heterocycles. The zero-order valence-corrected chi connectivity index (χ0v) is 14.3. The summed E-state index contributed by atoms with van der Waals surface area (Å²) >= 11 is 0. The monoisotopic (exact) mass is 338 g/mol. The Morgan fingerprint density at radius 2 is 2.08 bits per heavy atom. The zero-order chi connectivity index (χ0) is 17.4. The van der Waals surface area contributed by atoms with E-state index in [-0.39, 0.29) is 5.76 Å². The topological polar surface area (TPSA) is 69.5 Å². The van der Waals surface area contributed by atoms with Gasteiger partial charge < -0.3 is 14.5 Å². The maximum absolute atomic E-state index is 11.1. The van der Waals surface area contributed by atoms with Gasteiger partial charge in [0.25, 0.3) is 0 Å². The number of aromatic amines is 1. The van der Waals surface area contributed by atoms with Crippen molar-refractivity contribution in [3.63, 3.8) is 0 Å². The molecule has 25 heavy (non-hydrogen) atoms. The fourth-order valence-corrected chi connectivity index (χ4v) is 3.89. The van der Waals surface area contributed by atoms with Gasteiger partial charge in [-0.25, -0.2) is 4.79 Å². The van der Waals surface area contributed by atoms with Crippen LogP contribution in [0.4, 0.5) is 0 Å². The van der Waals surface area contributed by atoms with Crippen LogP contribution in [0.1, 0.15) is 46.2 Å². The summed E-state index contributed by atoms with van der Waals surface area (Å²) in [7, 11) is 0. The van der Waals surface area contributed by atoms with Crippen LogP contribution in [0.5, 0.6) is 0 Å². The molecule has 130 valence electrons. The lowest BCUT2D eigenvalue weighted by molar-refractivity contribution is 0.0656. The molecule has 5 heteroatoms. The lowest BCUT2D eigenvalue weighted by Gasteiger charge is -2.31. The molecular formula is C20H22N2O3. The van der Waals surface area contributed by atoms with Gasteiger partial charge in [0.15, 0.2) is 0 Å². The van der Waals surface area contributed by atoms with E-state index in [0.29, 0.717) is 18.0 Å². The Kier molecular flexibility index (Phi) is 4.09. The van der Waals surface area contributed by atoms with Gasteiger partial charge >= 0.3 is 5.97 Å². The Morgan fingerprint density at radius 3 is 2.80 bits per heavy atom. The summed E-state index contributed by atoms with van der Waals surface area (Å²) in [5, 5.41) is 10.4. The molecule has 4 rings (SSSR count). The van der Waals surface area contributed by atoms with Crippen molar-refractivity contribution >= 4 is 16.9 Å². The smallest absolute Gasteiger partial charge is 0.372 e. The van der Waals surface area contributed by atoms with Crippen molar-refractivity contribution in [1.82, 2.24) is 9.88 Å². The normalized spacial score (nSPS) is 16.5. The lowest BCUT2D eigenvalue weighted by atomic mass is 9.89. The number of H-pyrrole nitrogens is 1. The molecule has 0 spiro atoms. The van der Waals surface area contributed by atoms with E-state index in [0.717, 1.165) is 31.7 Å². The number of hydrogen-bond acceptors (Lipinski definition) is 3. The van der Waals surface area contributed by atoms with Gasteiger partial charge in [0.2, 0.25) is 5.76 Å². The molecule has 0 radical (unpaired) electrons. The van der Waals surface area contributed by atoms with Crippen LogP contribution in [-0.4, -0.2) is 34.0 Å². The number of aromatic carboxylic acids is 1. The van der Waals surface area contributed by atoms with Crippen molar-refractivity contribution in [2.45, 2.75) is 32.2 Å². The summed E-state index contributed by atoms with van der Waals surface area (Å²) in [6.07, 6.45) is 4.36. The Bertz CT molecular complexity index is 901. The molecule has 2 N–H and O–H groups in total. The predicted octanol–water partition coefficient (Wildman–Crippen LogP) is 4.15. The standard InChI is InChI=1S/C20H22N2O3/c1-13-10-15(25-19(13)20(23)24)12-22-8-6-14(7-9-22)17-11-21-18-5-3-2-4-16(17)18/h2-5,10-11,14,21H,6-9,12H2,1H3,(H,23,24). The largest absolute Gasteiger partial charge is 0.475 e. The molecule has 0 bridgehead atoms. The van der Waals surface area contributed by atoms with Crippen LogP contribution < -0.4 is 0 Å². The van der Waals surface area contributed by atoms with Crippen LogP contribution >= 0.6 is 0 Å². The average Bonchev–Trinajstić information content (AvgIpc) is 3.19. The Morgan fingerprint density at radius 1 is 1.32 bits per heavy atom. The second-order valence-electron chi connectivity index (χ2n) is 6.87. The highest BCUT2D eigenvalue weighted by Gasteiger charge is 2.24. The van der Waals surface area contributed by atoms with Crippen molar-refractivity contribution in [1.29, 1.82) is 0 Å². The highest BCUT2D eigenvalue weighted by Crippen LogP contribution is 2.33. The number of aromatic nitrogens is 1. The van der Waals surface area contributed by atoms with Gasteiger partial charge in [0.05, 0.1) is 6.54 Å². The van der Waals surface area contributed by atoms with Crippen molar-refractivity contribution < 1.29 is 14.3 Å². The van der Waals surface area contributed by atoms with Crippen molar-refractivity contribution in [2.24, 2.45) is 0 Å². The highest BCUT2D eigenvalue weighted by molar-refractivity contribution is 5.86. The number of rotatable bonds is 4. The molecule has 2 aromatic heterocycles. The third kappa shape index (κ3) is 3.07. The van der Waals surface area contributed by atoms with E-state index in [1.807, 2.05) is 6.07 Å². The summed E-state index contributed by atoms with van der Waals surface area (Å²) < 4.78 is 5.49. The van der Waals surface area contributed by atoms with Crippen LogP contribution in [0.3, 0.4) is 0 Å². The first-order chi connectivity index (χ1) is 12.1. The van der Waals surface area contributed by atoms with Crippen LogP contribution in [0.2, 0.25) is 0 Å². The minimum absolute atomic E-state index is 0.0590. The number of carboxylic acid groups (broad SMARTS) is 1. The van der Waals surface area contributed by atoms with E-state index in [1.54, 1.807) is 6.92 Å². The fourth-order valence-electron chi connectivity index (χ4n) is 3.89. The molecule has 5 nitrogen and oxygen atoms in total. The molecule has 3 aromatic rings. The number of nitrogens with one attached hydrogen (secondary N) is 1. The minimum Gasteiger partial charge on any atom is -0.475 e. The van der Waals surface area contributed by atoms with Crippen molar-refractivity contribution in [2.75, 3.05) is 13.1 Å². The molecular weight excluding hydrogens is 316 g/mol. The maximum atomic E-state index is 11.1. The van der Waals surface area contributed by atoms with E-state index in [1.165, 1.54) is 16.5 Å². The van der Waals surface area contributed by atoms with Crippen LogP contribution in [0, 0.1) is 6.92 Å². The Hall–Kier alpha value is -2.53. The number of likely N-dealkylation sites (tertiary alicyclic amines) is 1. The number of furan rings is 1. The van der Waals surface area contributed by atoms with Crippen molar-refractivity contribution in [3.05, 3.63) is 59.2 Å². The van der Waals surface area contributed by atoms with E-state index < -0.39 is 5.97 Å². The first kappa shape index (κ1) is 16.0. The number of piperidine rings is 1. The van der Waals surface area contributed by atoms with Gasteiger partial charge in [-0.3, -0.25) is 4.90 Å². The molecule has 0 unspecified atom stereocenters. The molecule has 0 amide bonds. The van der Waals surface area contributed by atoms with Gasteiger partial charge in [-0.15, -0.1) is 0 Å². The van der Waals surface area contributed by atoms with E-state index in [4.69, 9.17) is 9.52 Å². The lowest BCUT2D eigenvalue weighted by Crippen LogP contribution is -2.32. The van der Waals surface area contributed by atoms with E-state index >= 15 is 0 Å². The summed E-state index contributed by atoms with van der Waals surface area (Å²) in [5.41, 5.74) is 3.31. The number of nitrogens with zero attached hydrogens (tertiary/aromatic N) is 1. The van der Waals surface area contributed by atoms with Gasteiger partial charge in [-0.2, -0.15) is 0 Å². The second-order valence-corrected chi connectivity index (χ2v) is 6.87. The van der Waals surface area contributed by atoms with E-state index in [9.17, 15) is 4.79 Å². The number of hydrogen-bond donors (Lipinski definition) is 2. The molecule has 1 fully saturated rings. The zero-order valence-electron chi connectivity index (χ0n) is 14.3. The number of carboxylic acids is 1. The van der Waals surface area contributed by atoms with Gasteiger partial charge in [0, 0.05) is 22.7 Å². The molecule has 0 atom stereocenters. The number of fused-ring (bicyclic) bond motifs is 1. The third-order valence-corrected chi connectivity index (χ3v) is 5.19. The van der Waals surface area contributed by atoms with Gasteiger partial charge in [-0.05, 0) is 56.5 Å². The minimum atomic E-state index is -0.998. The number of aryl methyl sites for hydroxylation is 1. The number of carbonyl (C=O) groups is 1. The summed E-state index contributed by atoms with van der Waals surface area (Å²) in [5.74, 6) is 0.367. The molecule has 0 aliphatic carbocycles. The van der Waals surface area contributed by atoms with Crippen LogP contribution in [0.25, 0.3) is 10.9 Å². The third-order valence-electron chi connectivity index (χ3n) is 5.19. The van der Waals surface area contributed by atoms with Crippen molar-refractivity contribution in [3.8, 4) is 0 Å². The molecule has 1 aliphatic rings. The van der Waals surface area contributed by atoms with Crippen LogP contribution in [-0.2, 0) is 6.54 Å². The predicted molar refractivity (Wildman–Crippen MR) is 96.0 cm³/mol. The first-order valence-electron chi connectivity index (χ1n) is 8.73. The first-order valence-corrected chi connectivity index (χ1v) is 8.73. The molecule has 1 aromatic carbocycles. The average molecular weight is 338 g/mol. The molecule has 1 aliphatic heterocycles. The number of para-hydroxylation sites is 1. The summed E-state index contributed by atoms with van der Waals surface area (Å²) in [4.78, 5) is 16.8. The number of benzene rings is 1. The SMILES string of the molecule is Cc1cc(CN2CCC(c3c[nH]c4ccccc34)CC2)oc1C(=O)O. The highest BCUT2D eigenvalue weighted by atomic mass is 16.4. The Labute approximate surface area is 146 Å². The maximum Gasteiger partial charge on any atom is 0.372 e. The second kappa shape index (κ2) is 6.41. The summed E-state index contributed by atoms with van der Waals surface area (Å²) in [6.45, 7) is 4.44. The van der Waals surface area contributed by atoms with Crippen LogP contribution in [0.15, 0.2) is 40.9 Å². The Balaban J connectivity index is 1.41. The quantitative estimate of drug-likeness (QED) is 0.750. The van der Waals surface area contributed by atoms with E-state index in [2.05, 4.69) is 40.3 Å². The molecule has 0 saturated carbocycles.